The van der Waals surface area contributed by atoms with Crippen LogP contribution in [0.4, 0.5) is 0 Å². The van der Waals surface area contributed by atoms with Crippen molar-refractivity contribution in [3.05, 3.63) is 96.6 Å². The van der Waals surface area contributed by atoms with Gasteiger partial charge < -0.3 is 0 Å². The fourth-order valence-electron chi connectivity index (χ4n) is 2.65. The Morgan fingerprint density at radius 1 is 0.500 bits per heavy atom. The lowest BCUT2D eigenvalue weighted by atomic mass is 9.38. The second kappa shape index (κ2) is 6.25. The molecule has 0 radical (unpaired) electrons. The lowest BCUT2D eigenvalue weighted by Gasteiger charge is -2.15. The monoisotopic (exact) mass is 256 g/mol. The van der Waals surface area contributed by atoms with Crippen LogP contribution in [0.25, 0.3) is 0 Å². The van der Waals surface area contributed by atoms with Crippen molar-refractivity contribution in [1.82, 2.24) is 0 Å². The zero-order valence-electron chi connectivity index (χ0n) is 11.4. The van der Waals surface area contributed by atoms with Crippen molar-refractivity contribution >= 4 is 17.6 Å². The molecule has 0 N–H and O–H groups in total. The zero-order chi connectivity index (χ0) is 13.6. The van der Waals surface area contributed by atoms with Gasteiger partial charge in [0, 0.05) is 0 Å². The summed E-state index contributed by atoms with van der Waals surface area (Å²) in [6, 6.07) is 32.2. The molecule has 0 unspecified atom stereocenters. The van der Waals surface area contributed by atoms with Crippen molar-refractivity contribution in [3.63, 3.8) is 0 Å². The molecule has 0 aliphatic carbocycles. The third-order valence-corrected chi connectivity index (χ3v) is 3.69. The summed E-state index contributed by atoms with van der Waals surface area (Å²) >= 11 is 0. The molecule has 0 nitrogen and oxygen atoms in total. The maximum absolute atomic E-state index is 2.22. The molecule has 3 aromatic carbocycles. The van der Waals surface area contributed by atoms with Crippen LogP contribution in [0.3, 0.4) is 0 Å². The second-order valence-corrected chi connectivity index (χ2v) is 5.06. The highest BCUT2D eigenvalue weighted by Crippen LogP contribution is 2.04. The fraction of sp³-hybridized carbons (Fsp3) is 0.0526. The topological polar surface area (TPSA) is 0 Å². The van der Waals surface area contributed by atoms with Crippen LogP contribution in [-0.2, 0) is 6.32 Å². The summed E-state index contributed by atoms with van der Waals surface area (Å²) in [5.74, 6) is 0. The number of benzene rings is 3. The molecule has 0 bridgehead atoms. The first-order valence-electron chi connectivity index (χ1n) is 7.07. The Balaban J connectivity index is 1.96. The summed E-state index contributed by atoms with van der Waals surface area (Å²) in [7, 11) is 0. The van der Waals surface area contributed by atoms with E-state index in [-0.39, 0.29) is 0 Å². The maximum Gasteiger partial charge on any atom is 0.213 e. The first kappa shape index (κ1) is 12.7. The van der Waals surface area contributed by atoms with Gasteiger partial charge in [-0.05, 0) is 6.32 Å². The molecule has 3 rings (SSSR count). The van der Waals surface area contributed by atoms with Gasteiger partial charge in [-0.1, -0.05) is 107 Å². The lowest BCUT2D eigenvalue weighted by Crippen LogP contribution is -2.44. The summed E-state index contributed by atoms with van der Waals surface area (Å²) in [5.41, 5.74) is 4.13. The van der Waals surface area contributed by atoms with Gasteiger partial charge in [0.05, 0.1) is 0 Å². The van der Waals surface area contributed by atoms with E-state index in [1.165, 1.54) is 16.5 Å². The summed E-state index contributed by atoms with van der Waals surface area (Å²) in [5, 5.41) is 0. The van der Waals surface area contributed by atoms with E-state index in [0.717, 1.165) is 6.32 Å². The van der Waals surface area contributed by atoms with Gasteiger partial charge in [-0.3, -0.25) is 0 Å². The van der Waals surface area contributed by atoms with Gasteiger partial charge in [0.25, 0.3) is 0 Å². The standard InChI is InChI=1S/C19H17B/c1-4-10-17(11-5-1)16-20(18-12-6-2-7-13-18)19-14-8-3-9-15-19/h1-15H,16H2. The predicted molar refractivity (Wildman–Crippen MR) is 88.1 cm³/mol. The first-order valence-corrected chi connectivity index (χ1v) is 7.07. The molecule has 0 atom stereocenters. The average molecular weight is 256 g/mol. The van der Waals surface area contributed by atoms with Crippen molar-refractivity contribution in [2.24, 2.45) is 0 Å². The highest BCUT2D eigenvalue weighted by atomic mass is 14.0. The summed E-state index contributed by atoms with van der Waals surface area (Å²) in [4.78, 5) is 0. The van der Waals surface area contributed by atoms with Crippen LogP contribution in [0.2, 0.25) is 0 Å². The molecule has 0 heterocycles. The molecule has 0 aliphatic rings. The minimum absolute atomic E-state index is 0.416. The molecule has 0 aromatic heterocycles. The largest absolute Gasteiger partial charge is 0.213 e. The lowest BCUT2D eigenvalue weighted by molar-refractivity contribution is 1.37. The van der Waals surface area contributed by atoms with Gasteiger partial charge in [-0.25, -0.2) is 0 Å². The molecule has 3 aromatic rings. The van der Waals surface area contributed by atoms with Crippen LogP contribution in [0, 0.1) is 0 Å². The van der Waals surface area contributed by atoms with Gasteiger partial charge >= 0.3 is 0 Å². The Hall–Kier alpha value is -2.28. The molecule has 20 heavy (non-hydrogen) atoms. The Kier molecular flexibility index (Phi) is 3.98. The number of rotatable bonds is 4. The van der Waals surface area contributed by atoms with Gasteiger partial charge in [-0.2, -0.15) is 0 Å². The average Bonchev–Trinajstić information content (AvgIpc) is 2.55. The minimum atomic E-state index is 0.416. The smallest absolute Gasteiger partial charge is 0.0738 e. The number of hydrogen-bond donors (Lipinski definition) is 0. The first-order chi connectivity index (χ1) is 9.93. The zero-order valence-corrected chi connectivity index (χ0v) is 11.4. The van der Waals surface area contributed by atoms with Crippen molar-refractivity contribution in [1.29, 1.82) is 0 Å². The van der Waals surface area contributed by atoms with E-state index >= 15 is 0 Å². The van der Waals surface area contributed by atoms with Crippen molar-refractivity contribution in [2.75, 3.05) is 0 Å². The molecule has 0 aliphatic heterocycles. The quantitative estimate of drug-likeness (QED) is 0.629. The Morgan fingerprint density at radius 2 is 0.900 bits per heavy atom. The summed E-state index contributed by atoms with van der Waals surface area (Å²) < 4.78 is 0. The molecular weight excluding hydrogens is 239 g/mol. The van der Waals surface area contributed by atoms with Gasteiger partial charge in [0.15, 0.2) is 0 Å². The normalized spacial score (nSPS) is 10.2. The van der Waals surface area contributed by atoms with E-state index in [1.807, 2.05) is 0 Å². The SMILES string of the molecule is c1ccc(CB(c2ccccc2)c2ccccc2)cc1. The van der Waals surface area contributed by atoms with Gasteiger partial charge in [0.2, 0.25) is 6.71 Å². The maximum atomic E-state index is 2.22. The van der Waals surface area contributed by atoms with E-state index in [0.29, 0.717) is 6.71 Å². The van der Waals surface area contributed by atoms with Gasteiger partial charge in [-0.15, -0.1) is 0 Å². The van der Waals surface area contributed by atoms with Crippen LogP contribution in [0.1, 0.15) is 5.56 Å². The van der Waals surface area contributed by atoms with Crippen LogP contribution in [0.5, 0.6) is 0 Å². The molecular formula is C19H17B. The summed E-state index contributed by atoms with van der Waals surface area (Å²) in [6.45, 7) is 0.416. The van der Waals surface area contributed by atoms with Crippen LogP contribution >= 0.6 is 0 Å². The predicted octanol–water partition coefficient (Wildman–Crippen LogP) is 3.08. The van der Waals surface area contributed by atoms with Crippen LogP contribution in [-0.4, -0.2) is 6.71 Å². The van der Waals surface area contributed by atoms with E-state index < -0.39 is 0 Å². The van der Waals surface area contributed by atoms with E-state index in [4.69, 9.17) is 0 Å². The number of hydrogen-bond acceptors (Lipinski definition) is 0. The molecule has 0 saturated heterocycles. The molecule has 0 fully saturated rings. The highest BCUT2D eigenvalue weighted by molar-refractivity contribution is 6.84. The van der Waals surface area contributed by atoms with Crippen LogP contribution < -0.4 is 10.9 Å². The van der Waals surface area contributed by atoms with E-state index in [1.54, 1.807) is 0 Å². The van der Waals surface area contributed by atoms with Crippen LogP contribution in [0.15, 0.2) is 91.0 Å². The minimum Gasteiger partial charge on any atom is -0.0738 e. The Morgan fingerprint density at radius 3 is 1.35 bits per heavy atom. The third kappa shape index (κ3) is 3.00. The second-order valence-electron chi connectivity index (χ2n) is 5.06. The third-order valence-electron chi connectivity index (χ3n) is 3.69. The molecule has 0 saturated carbocycles. The van der Waals surface area contributed by atoms with E-state index in [2.05, 4.69) is 91.0 Å². The van der Waals surface area contributed by atoms with E-state index in [9.17, 15) is 0 Å². The van der Waals surface area contributed by atoms with Gasteiger partial charge in [0.1, 0.15) is 0 Å². The molecule has 96 valence electrons. The Labute approximate surface area is 121 Å². The fourth-order valence-corrected chi connectivity index (χ4v) is 2.65. The molecule has 0 amide bonds. The highest BCUT2D eigenvalue weighted by Gasteiger charge is 2.18. The van der Waals surface area contributed by atoms with Crippen molar-refractivity contribution < 1.29 is 0 Å². The molecule has 1 heteroatoms. The Bertz CT molecular complexity index is 593. The van der Waals surface area contributed by atoms with Crippen molar-refractivity contribution in [2.45, 2.75) is 6.32 Å². The summed E-state index contributed by atoms with van der Waals surface area (Å²) in [6.07, 6.45) is 1.04. The van der Waals surface area contributed by atoms with Crippen molar-refractivity contribution in [3.8, 4) is 0 Å². The molecule has 0 spiro atoms.